The number of aryl methyl sites for hydroxylation is 1. The average Bonchev–Trinajstić information content (AvgIpc) is 3.02. The first kappa shape index (κ1) is 18.7. The molecule has 0 aliphatic carbocycles. The Morgan fingerprint density at radius 1 is 1.04 bits per heavy atom. The number of nitrogens with zero attached hydrogens (tertiary/aromatic N) is 4. The number of aromatic nitrogens is 2. The SMILES string of the molecule is Cc1nn(-c2ccccc2)c(Cl)c1/C=N\N1CC[NH+](Cc2ccccc2)CC1. The van der Waals surface area contributed by atoms with Gasteiger partial charge in [-0.2, -0.15) is 10.2 Å². The van der Waals surface area contributed by atoms with E-state index in [1.165, 1.54) is 5.56 Å². The number of rotatable bonds is 5. The van der Waals surface area contributed by atoms with Gasteiger partial charge >= 0.3 is 0 Å². The molecular formula is C22H25ClN5+. The summed E-state index contributed by atoms with van der Waals surface area (Å²) in [7, 11) is 0. The molecule has 1 N–H and O–H groups in total. The summed E-state index contributed by atoms with van der Waals surface area (Å²) in [5.74, 6) is 0. The summed E-state index contributed by atoms with van der Waals surface area (Å²) in [6.07, 6.45) is 1.85. The number of hydrazone groups is 1. The lowest BCUT2D eigenvalue weighted by Gasteiger charge is -2.30. The second-order valence-corrected chi connectivity index (χ2v) is 7.51. The lowest BCUT2D eigenvalue weighted by atomic mass is 10.2. The predicted molar refractivity (Wildman–Crippen MR) is 113 cm³/mol. The summed E-state index contributed by atoms with van der Waals surface area (Å²) in [5, 5.41) is 12.0. The molecule has 0 spiro atoms. The minimum Gasteiger partial charge on any atom is -0.328 e. The maximum Gasteiger partial charge on any atom is 0.142 e. The quantitative estimate of drug-likeness (QED) is 0.675. The van der Waals surface area contributed by atoms with Crippen molar-refractivity contribution in [3.05, 3.63) is 82.6 Å². The van der Waals surface area contributed by atoms with Crippen LogP contribution in [0.2, 0.25) is 5.15 Å². The van der Waals surface area contributed by atoms with Crippen LogP contribution in [0.3, 0.4) is 0 Å². The molecular weight excluding hydrogens is 370 g/mol. The number of para-hydroxylation sites is 1. The lowest BCUT2D eigenvalue weighted by Crippen LogP contribution is -3.13. The fraction of sp³-hybridized carbons (Fsp3) is 0.273. The van der Waals surface area contributed by atoms with E-state index in [0.29, 0.717) is 5.15 Å². The summed E-state index contributed by atoms with van der Waals surface area (Å²) < 4.78 is 1.76. The zero-order valence-corrected chi connectivity index (χ0v) is 16.8. The van der Waals surface area contributed by atoms with E-state index >= 15 is 0 Å². The second kappa shape index (κ2) is 8.59. The Bertz CT molecular complexity index is 928. The minimum absolute atomic E-state index is 0.598. The summed E-state index contributed by atoms with van der Waals surface area (Å²) in [6, 6.07) is 20.6. The van der Waals surface area contributed by atoms with E-state index < -0.39 is 0 Å². The number of hydrogen-bond acceptors (Lipinski definition) is 3. The number of quaternary nitrogens is 1. The highest BCUT2D eigenvalue weighted by Crippen LogP contribution is 2.22. The summed E-state index contributed by atoms with van der Waals surface area (Å²) in [5.41, 5.74) is 4.11. The molecule has 1 saturated heterocycles. The maximum absolute atomic E-state index is 6.58. The summed E-state index contributed by atoms with van der Waals surface area (Å²) in [4.78, 5) is 1.60. The van der Waals surface area contributed by atoms with Gasteiger partial charge in [-0.25, -0.2) is 4.68 Å². The molecule has 1 aliphatic rings. The number of benzene rings is 2. The molecule has 28 heavy (non-hydrogen) atoms. The van der Waals surface area contributed by atoms with Gasteiger partial charge in [0.05, 0.1) is 49.3 Å². The number of piperazine rings is 1. The van der Waals surface area contributed by atoms with Crippen LogP contribution in [0.25, 0.3) is 5.69 Å². The first-order valence-electron chi connectivity index (χ1n) is 9.67. The molecule has 4 rings (SSSR count). The van der Waals surface area contributed by atoms with E-state index in [9.17, 15) is 0 Å². The zero-order chi connectivity index (χ0) is 19.3. The van der Waals surface area contributed by atoms with Gasteiger partial charge in [-0.1, -0.05) is 60.1 Å². The molecule has 0 amide bonds. The topological polar surface area (TPSA) is 37.9 Å². The summed E-state index contributed by atoms with van der Waals surface area (Å²) >= 11 is 6.58. The van der Waals surface area contributed by atoms with Gasteiger partial charge in [0.2, 0.25) is 0 Å². The van der Waals surface area contributed by atoms with Crippen LogP contribution in [0.15, 0.2) is 65.8 Å². The molecule has 0 bridgehead atoms. The van der Waals surface area contributed by atoms with E-state index in [4.69, 9.17) is 11.6 Å². The monoisotopic (exact) mass is 394 g/mol. The molecule has 1 aromatic heterocycles. The molecule has 1 fully saturated rings. The van der Waals surface area contributed by atoms with Gasteiger partial charge in [0.15, 0.2) is 0 Å². The van der Waals surface area contributed by atoms with Crippen LogP contribution in [0.4, 0.5) is 0 Å². The number of hydrogen-bond donors (Lipinski definition) is 1. The molecule has 1 aliphatic heterocycles. The molecule has 0 radical (unpaired) electrons. The molecule has 3 aromatic rings. The Morgan fingerprint density at radius 2 is 1.68 bits per heavy atom. The first-order chi connectivity index (χ1) is 13.7. The third-order valence-electron chi connectivity index (χ3n) is 5.14. The van der Waals surface area contributed by atoms with Crippen molar-refractivity contribution in [3.8, 4) is 5.69 Å². The van der Waals surface area contributed by atoms with Gasteiger partial charge in [0, 0.05) is 5.56 Å². The van der Waals surface area contributed by atoms with Crippen LogP contribution in [0, 0.1) is 6.92 Å². The van der Waals surface area contributed by atoms with Gasteiger partial charge in [0.25, 0.3) is 0 Å². The van der Waals surface area contributed by atoms with E-state index in [0.717, 1.165) is 49.7 Å². The molecule has 0 saturated carbocycles. The third-order valence-corrected chi connectivity index (χ3v) is 5.51. The summed E-state index contributed by atoms with van der Waals surface area (Å²) in [6.45, 7) is 7.11. The van der Waals surface area contributed by atoms with Gasteiger partial charge < -0.3 is 4.90 Å². The Balaban J connectivity index is 1.38. The molecule has 6 heteroatoms. The Labute approximate surface area is 170 Å². The predicted octanol–water partition coefficient (Wildman–Crippen LogP) is 2.57. The highest BCUT2D eigenvalue weighted by Gasteiger charge is 2.19. The van der Waals surface area contributed by atoms with Gasteiger partial charge in [0.1, 0.15) is 11.7 Å². The van der Waals surface area contributed by atoms with Crippen molar-refractivity contribution in [2.24, 2.45) is 5.10 Å². The fourth-order valence-electron chi connectivity index (χ4n) is 3.53. The van der Waals surface area contributed by atoms with Gasteiger partial charge in [-0.15, -0.1) is 0 Å². The van der Waals surface area contributed by atoms with E-state index in [-0.39, 0.29) is 0 Å². The number of halogens is 1. The highest BCUT2D eigenvalue weighted by molar-refractivity contribution is 6.32. The smallest absolute Gasteiger partial charge is 0.142 e. The minimum atomic E-state index is 0.598. The Morgan fingerprint density at radius 3 is 2.36 bits per heavy atom. The van der Waals surface area contributed by atoms with Crippen molar-refractivity contribution in [1.29, 1.82) is 0 Å². The van der Waals surface area contributed by atoms with Crippen LogP contribution >= 0.6 is 11.6 Å². The van der Waals surface area contributed by atoms with Crippen molar-refractivity contribution in [1.82, 2.24) is 14.8 Å². The largest absolute Gasteiger partial charge is 0.328 e. The molecule has 5 nitrogen and oxygen atoms in total. The van der Waals surface area contributed by atoms with Crippen molar-refractivity contribution in [2.75, 3.05) is 26.2 Å². The normalized spacial score (nSPS) is 15.4. The standard InChI is InChI=1S/C22H24ClN5/c1-18-21(22(23)28(25-18)20-10-6-3-7-11-20)16-24-27-14-12-26(13-15-27)17-19-8-4-2-5-9-19/h2-11,16H,12-15,17H2,1H3/p+1/b24-16-. The van der Waals surface area contributed by atoms with Crippen LogP contribution in [0.5, 0.6) is 0 Å². The molecule has 144 valence electrons. The van der Waals surface area contributed by atoms with Crippen molar-refractivity contribution in [3.63, 3.8) is 0 Å². The molecule has 2 aromatic carbocycles. The van der Waals surface area contributed by atoms with Gasteiger partial charge in [-0.3, -0.25) is 5.01 Å². The van der Waals surface area contributed by atoms with Gasteiger partial charge in [-0.05, 0) is 19.1 Å². The van der Waals surface area contributed by atoms with Crippen LogP contribution in [-0.4, -0.2) is 47.2 Å². The van der Waals surface area contributed by atoms with E-state index in [1.807, 2.05) is 43.5 Å². The molecule has 0 unspecified atom stereocenters. The third kappa shape index (κ3) is 4.26. The van der Waals surface area contributed by atoms with Crippen LogP contribution in [-0.2, 0) is 6.54 Å². The lowest BCUT2D eigenvalue weighted by molar-refractivity contribution is -0.918. The van der Waals surface area contributed by atoms with Crippen LogP contribution in [0.1, 0.15) is 16.8 Å². The highest BCUT2D eigenvalue weighted by atomic mass is 35.5. The fourth-order valence-corrected chi connectivity index (χ4v) is 3.85. The van der Waals surface area contributed by atoms with Crippen molar-refractivity contribution >= 4 is 17.8 Å². The second-order valence-electron chi connectivity index (χ2n) is 7.15. The first-order valence-corrected chi connectivity index (χ1v) is 10.1. The Hall–Kier alpha value is -2.63. The Kier molecular flexibility index (Phi) is 5.74. The maximum atomic E-state index is 6.58. The zero-order valence-electron chi connectivity index (χ0n) is 16.1. The molecule has 0 atom stereocenters. The number of nitrogens with one attached hydrogen (secondary N) is 1. The van der Waals surface area contributed by atoms with Crippen molar-refractivity contribution in [2.45, 2.75) is 13.5 Å². The average molecular weight is 395 g/mol. The van der Waals surface area contributed by atoms with Crippen molar-refractivity contribution < 1.29 is 4.90 Å². The van der Waals surface area contributed by atoms with Crippen LogP contribution < -0.4 is 4.90 Å². The van der Waals surface area contributed by atoms with E-state index in [1.54, 1.807) is 9.58 Å². The van der Waals surface area contributed by atoms with E-state index in [2.05, 4.69) is 45.5 Å². The molecule has 2 heterocycles.